The van der Waals surface area contributed by atoms with Crippen molar-refractivity contribution in [3.05, 3.63) is 11.1 Å². The van der Waals surface area contributed by atoms with Gasteiger partial charge in [-0.2, -0.15) is 0 Å². The first kappa shape index (κ1) is 12.8. The minimum Gasteiger partial charge on any atom is -0.351 e. The average molecular weight is 253 g/mol. The van der Waals surface area contributed by atoms with Crippen molar-refractivity contribution in [3.63, 3.8) is 0 Å². The van der Waals surface area contributed by atoms with Gasteiger partial charge in [0.05, 0.1) is 5.69 Å². The fraction of sp³-hybridized carbons (Fsp3) is 0.769. The van der Waals surface area contributed by atoms with E-state index in [4.69, 9.17) is 0 Å². The normalized spacial score (nSPS) is 23.1. The van der Waals surface area contributed by atoms with E-state index in [2.05, 4.69) is 48.4 Å². The molecule has 2 rings (SSSR count). The summed E-state index contributed by atoms with van der Waals surface area (Å²) in [5, 5.41) is 6.72. The average Bonchev–Trinajstić information content (AvgIpc) is 2.81. The number of hydrogen-bond donors (Lipinski definition) is 1. The third-order valence-electron chi connectivity index (χ3n) is 3.34. The number of hydrogen-bond acceptors (Lipinski definition) is 4. The molecule has 0 saturated heterocycles. The van der Waals surface area contributed by atoms with Crippen LogP contribution in [0.5, 0.6) is 0 Å². The minimum atomic E-state index is 0.519. The second-order valence-corrected chi connectivity index (χ2v) is 6.35. The predicted octanol–water partition coefficient (Wildman–Crippen LogP) is 2.73. The molecule has 1 aromatic rings. The molecule has 2 unspecified atom stereocenters. The molecule has 1 aliphatic carbocycles. The lowest BCUT2D eigenvalue weighted by atomic mass is 10.3. The van der Waals surface area contributed by atoms with Gasteiger partial charge in [-0.05, 0) is 18.3 Å². The lowest BCUT2D eigenvalue weighted by Gasteiger charge is -2.15. The van der Waals surface area contributed by atoms with E-state index in [1.165, 1.54) is 6.42 Å². The smallest absolute Gasteiger partial charge is 0.185 e. The van der Waals surface area contributed by atoms with Gasteiger partial charge in [-0.25, -0.2) is 4.98 Å². The SMILES string of the molecule is CC(C)NCc1csc(N(C)CC2CC2C)n1. The van der Waals surface area contributed by atoms with Gasteiger partial charge in [0, 0.05) is 31.6 Å². The molecule has 2 atom stereocenters. The maximum atomic E-state index is 4.67. The van der Waals surface area contributed by atoms with E-state index in [1.807, 2.05) is 0 Å². The Labute approximate surface area is 108 Å². The fourth-order valence-corrected chi connectivity index (χ4v) is 2.75. The molecule has 1 N–H and O–H groups in total. The molecule has 0 spiro atoms. The molecule has 1 aromatic heterocycles. The predicted molar refractivity (Wildman–Crippen MR) is 74.6 cm³/mol. The molecule has 0 radical (unpaired) electrons. The van der Waals surface area contributed by atoms with Gasteiger partial charge in [0.25, 0.3) is 0 Å². The van der Waals surface area contributed by atoms with Crippen molar-refractivity contribution >= 4 is 16.5 Å². The lowest BCUT2D eigenvalue weighted by molar-refractivity contribution is 0.582. The fourth-order valence-electron chi connectivity index (χ4n) is 1.94. The summed E-state index contributed by atoms with van der Waals surface area (Å²) in [6.45, 7) is 8.69. The summed E-state index contributed by atoms with van der Waals surface area (Å²) in [6, 6.07) is 0.519. The third kappa shape index (κ3) is 3.68. The summed E-state index contributed by atoms with van der Waals surface area (Å²) in [6.07, 6.45) is 1.39. The second kappa shape index (κ2) is 5.36. The lowest BCUT2D eigenvalue weighted by Crippen LogP contribution is -2.23. The number of rotatable bonds is 6. The van der Waals surface area contributed by atoms with E-state index in [-0.39, 0.29) is 0 Å². The Morgan fingerprint density at radius 3 is 2.88 bits per heavy atom. The standard InChI is InChI=1S/C13H23N3S/c1-9(2)14-6-12-8-17-13(15-12)16(4)7-11-5-10(11)3/h8-11,14H,5-7H2,1-4H3. The Bertz CT molecular complexity index is 361. The van der Waals surface area contributed by atoms with Gasteiger partial charge in [-0.15, -0.1) is 11.3 Å². The number of nitrogens with zero attached hydrogens (tertiary/aromatic N) is 2. The van der Waals surface area contributed by atoms with Gasteiger partial charge in [0.15, 0.2) is 5.13 Å². The molecule has 96 valence electrons. The highest BCUT2D eigenvalue weighted by molar-refractivity contribution is 7.13. The maximum absolute atomic E-state index is 4.67. The summed E-state index contributed by atoms with van der Waals surface area (Å²) >= 11 is 1.76. The van der Waals surface area contributed by atoms with Crippen LogP contribution < -0.4 is 10.2 Å². The number of anilines is 1. The highest BCUT2D eigenvalue weighted by Gasteiger charge is 2.33. The van der Waals surface area contributed by atoms with E-state index in [0.29, 0.717) is 6.04 Å². The summed E-state index contributed by atoms with van der Waals surface area (Å²) in [5.41, 5.74) is 1.16. The minimum absolute atomic E-state index is 0.519. The van der Waals surface area contributed by atoms with Gasteiger partial charge >= 0.3 is 0 Å². The summed E-state index contributed by atoms with van der Waals surface area (Å²) < 4.78 is 0. The molecule has 1 saturated carbocycles. The van der Waals surface area contributed by atoms with Crippen LogP contribution in [0.25, 0.3) is 0 Å². The van der Waals surface area contributed by atoms with Crippen molar-refractivity contribution in [1.29, 1.82) is 0 Å². The first-order chi connectivity index (χ1) is 8.06. The van der Waals surface area contributed by atoms with Gasteiger partial charge in [0.2, 0.25) is 0 Å². The molecule has 0 aromatic carbocycles. The quantitative estimate of drug-likeness (QED) is 0.845. The number of thiazole rings is 1. The van der Waals surface area contributed by atoms with Crippen molar-refractivity contribution in [1.82, 2.24) is 10.3 Å². The maximum Gasteiger partial charge on any atom is 0.185 e. The van der Waals surface area contributed by atoms with Gasteiger partial charge in [-0.1, -0.05) is 20.8 Å². The first-order valence-electron chi connectivity index (χ1n) is 6.45. The molecular weight excluding hydrogens is 230 g/mol. The molecule has 1 aliphatic rings. The first-order valence-corrected chi connectivity index (χ1v) is 7.33. The van der Waals surface area contributed by atoms with Crippen LogP contribution in [0.1, 0.15) is 32.9 Å². The van der Waals surface area contributed by atoms with Crippen LogP contribution in [0, 0.1) is 11.8 Å². The molecule has 1 fully saturated rings. The molecule has 0 amide bonds. The highest BCUT2D eigenvalue weighted by atomic mass is 32.1. The zero-order chi connectivity index (χ0) is 12.4. The second-order valence-electron chi connectivity index (χ2n) is 5.51. The molecule has 4 heteroatoms. The number of aromatic nitrogens is 1. The number of nitrogens with one attached hydrogen (secondary N) is 1. The Balaban J connectivity index is 1.84. The molecule has 17 heavy (non-hydrogen) atoms. The monoisotopic (exact) mass is 253 g/mol. The summed E-state index contributed by atoms with van der Waals surface area (Å²) in [4.78, 5) is 6.97. The topological polar surface area (TPSA) is 28.2 Å². The van der Waals surface area contributed by atoms with E-state index in [0.717, 1.165) is 35.8 Å². The molecule has 0 bridgehead atoms. The van der Waals surface area contributed by atoms with Crippen LogP contribution in [0.4, 0.5) is 5.13 Å². The largest absolute Gasteiger partial charge is 0.351 e. The molecule has 3 nitrogen and oxygen atoms in total. The summed E-state index contributed by atoms with van der Waals surface area (Å²) in [5.74, 6) is 1.81. The van der Waals surface area contributed by atoms with Crippen LogP contribution in [0.15, 0.2) is 5.38 Å². The van der Waals surface area contributed by atoms with Crippen molar-refractivity contribution in [3.8, 4) is 0 Å². The van der Waals surface area contributed by atoms with Crippen molar-refractivity contribution in [2.75, 3.05) is 18.5 Å². The van der Waals surface area contributed by atoms with Crippen LogP contribution in [-0.2, 0) is 6.54 Å². The molecule has 0 aliphatic heterocycles. The Morgan fingerprint density at radius 1 is 1.59 bits per heavy atom. The Hall–Kier alpha value is -0.610. The van der Waals surface area contributed by atoms with Gasteiger partial charge < -0.3 is 10.2 Å². The van der Waals surface area contributed by atoms with Crippen LogP contribution in [0.2, 0.25) is 0 Å². The van der Waals surface area contributed by atoms with Crippen LogP contribution in [-0.4, -0.2) is 24.6 Å². The van der Waals surface area contributed by atoms with Crippen molar-refractivity contribution < 1.29 is 0 Å². The molecular formula is C13H23N3S. The van der Waals surface area contributed by atoms with E-state index in [1.54, 1.807) is 11.3 Å². The zero-order valence-electron chi connectivity index (χ0n) is 11.2. The van der Waals surface area contributed by atoms with Gasteiger partial charge in [-0.3, -0.25) is 0 Å². The van der Waals surface area contributed by atoms with Crippen molar-refractivity contribution in [2.24, 2.45) is 11.8 Å². The highest BCUT2D eigenvalue weighted by Crippen LogP contribution is 2.38. The van der Waals surface area contributed by atoms with E-state index >= 15 is 0 Å². The van der Waals surface area contributed by atoms with E-state index in [9.17, 15) is 0 Å². The van der Waals surface area contributed by atoms with Crippen LogP contribution in [0.3, 0.4) is 0 Å². The van der Waals surface area contributed by atoms with Gasteiger partial charge in [0.1, 0.15) is 0 Å². The van der Waals surface area contributed by atoms with Crippen molar-refractivity contribution in [2.45, 2.75) is 39.8 Å². The Kier molecular flexibility index (Phi) is 4.05. The van der Waals surface area contributed by atoms with E-state index < -0.39 is 0 Å². The zero-order valence-corrected chi connectivity index (χ0v) is 12.0. The summed E-state index contributed by atoms with van der Waals surface area (Å²) in [7, 11) is 2.16. The Morgan fingerprint density at radius 2 is 2.29 bits per heavy atom. The third-order valence-corrected chi connectivity index (χ3v) is 4.35. The van der Waals surface area contributed by atoms with Crippen LogP contribution >= 0.6 is 11.3 Å². The molecule has 1 heterocycles.